The van der Waals surface area contributed by atoms with Gasteiger partial charge in [-0.3, -0.25) is 4.79 Å². The van der Waals surface area contributed by atoms with E-state index in [9.17, 15) is 14.0 Å². The number of hydrogen-bond acceptors (Lipinski definition) is 7. The summed E-state index contributed by atoms with van der Waals surface area (Å²) in [4.78, 5) is 23.7. The molecule has 1 amide bonds. The maximum absolute atomic E-state index is 13.9. The Morgan fingerprint density at radius 2 is 1.88 bits per heavy atom. The predicted molar refractivity (Wildman–Crippen MR) is 88.0 cm³/mol. The van der Waals surface area contributed by atoms with Crippen LogP contribution in [-0.4, -0.2) is 43.3 Å². The number of carbonyl (C=O) groups is 2. The lowest BCUT2D eigenvalue weighted by atomic mass is 10.1. The number of methoxy groups -OCH3 is 2. The molecule has 0 unspecified atom stereocenters. The Bertz CT molecular complexity index is 831. The van der Waals surface area contributed by atoms with E-state index >= 15 is 0 Å². The smallest absolute Gasteiger partial charge is 0.341 e. The topological polar surface area (TPSA) is 102 Å². The Hall–Kier alpha value is -2.94. The second-order valence-corrected chi connectivity index (χ2v) is 5.05. The molecule has 0 fully saturated rings. The van der Waals surface area contributed by atoms with Crippen LogP contribution in [-0.2, 0) is 4.74 Å². The normalized spacial score (nSPS) is 10.1. The predicted octanol–water partition coefficient (Wildman–Crippen LogP) is 2.17. The van der Waals surface area contributed by atoms with E-state index in [-0.39, 0.29) is 33.5 Å². The van der Waals surface area contributed by atoms with Crippen LogP contribution >= 0.6 is 11.6 Å². The first-order chi connectivity index (χ1) is 11.9. The van der Waals surface area contributed by atoms with E-state index in [1.807, 2.05) is 0 Å². The number of aromatic nitrogens is 2. The second-order valence-electron chi connectivity index (χ2n) is 4.66. The van der Waals surface area contributed by atoms with E-state index in [0.29, 0.717) is 0 Å². The Morgan fingerprint density at radius 3 is 2.48 bits per heavy atom. The highest BCUT2D eigenvalue weighted by Gasteiger charge is 2.21. The summed E-state index contributed by atoms with van der Waals surface area (Å²) in [6, 6.07) is 3.40. The van der Waals surface area contributed by atoms with Gasteiger partial charge in [0.1, 0.15) is 11.4 Å². The minimum absolute atomic E-state index is 0.0127. The number of hydrogen-bond donors (Lipinski definition) is 2. The van der Waals surface area contributed by atoms with E-state index in [4.69, 9.17) is 16.3 Å². The molecule has 1 aromatic carbocycles. The SMILES string of the molecule is CNC(=O)c1nnc(Cl)cc1Nc1cc(F)cc(C(=O)OC)c1OC. The van der Waals surface area contributed by atoms with Gasteiger partial charge < -0.3 is 20.1 Å². The van der Waals surface area contributed by atoms with Crippen LogP contribution in [0.4, 0.5) is 15.8 Å². The van der Waals surface area contributed by atoms with Crippen molar-refractivity contribution in [2.24, 2.45) is 0 Å². The van der Waals surface area contributed by atoms with Gasteiger partial charge in [0.25, 0.3) is 5.91 Å². The average molecular weight is 369 g/mol. The Kier molecular flexibility index (Phi) is 5.71. The van der Waals surface area contributed by atoms with E-state index in [1.54, 1.807) is 0 Å². The lowest BCUT2D eigenvalue weighted by Gasteiger charge is -2.15. The number of rotatable bonds is 5. The summed E-state index contributed by atoms with van der Waals surface area (Å²) < 4.78 is 23.7. The van der Waals surface area contributed by atoms with Gasteiger partial charge in [-0.15, -0.1) is 10.2 Å². The third-order valence-corrected chi connectivity index (χ3v) is 3.32. The van der Waals surface area contributed by atoms with Gasteiger partial charge in [-0.2, -0.15) is 0 Å². The first-order valence-corrected chi connectivity index (χ1v) is 7.27. The fourth-order valence-electron chi connectivity index (χ4n) is 2.06. The molecule has 2 aromatic rings. The van der Waals surface area contributed by atoms with Crippen LogP contribution in [0.5, 0.6) is 5.75 Å². The molecule has 10 heteroatoms. The van der Waals surface area contributed by atoms with Crippen molar-refractivity contribution in [1.29, 1.82) is 0 Å². The molecule has 2 rings (SSSR count). The number of nitrogens with one attached hydrogen (secondary N) is 2. The fraction of sp³-hybridized carbons (Fsp3) is 0.200. The van der Waals surface area contributed by atoms with Crippen LogP contribution in [0.1, 0.15) is 20.8 Å². The number of esters is 1. The zero-order valence-electron chi connectivity index (χ0n) is 13.5. The zero-order valence-corrected chi connectivity index (χ0v) is 14.3. The second kappa shape index (κ2) is 7.75. The highest BCUT2D eigenvalue weighted by atomic mass is 35.5. The van der Waals surface area contributed by atoms with Crippen molar-refractivity contribution >= 4 is 34.9 Å². The van der Waals surface area contributed by atoms with Gasteiger partial charge in [0, 0.05) is 19.2 Å². The molecule has 0 saturated heterocycles. The van der Waals surface area contributed by atoms with Crippen molar-refractivity contribution in [1.82, 2.24) is 15.5 Å². The van der Waals surface area contributed by atoms with Gasteiger partial charge in [-0.1, -0.05) is 11.6 Å². The minimum Gasteiger partial charge on any atom is -0.494 e. The third-order valence-electron chi connectivity index (χ3n) is 3.14. The van der Waals surface area contributed by atoms with Gasteiger partial charge in [0.15, 0.2) is 16.6 Å². The van der Waals surface area contributed by atoms with E-state index in [0.717, 1.165) is 19.2 Å². The number of carbonyl (C=O) groups excluding carboxylic acids is 2. The average Bonchev–Trinajstić information content (AvgIpc) is 2.60. The quantitative estimate of drug-likeness (QED) is 0.779. The summed E-state index contributed by atoms with van der Waals surface area (Å²) in [7, 11) is 3.89. The number of amides is 1. The lowest BCUT2D eigenvalue weighted by Crippen LogP contribution is -2.21. The molecular weight excluding hydrogens is 355 g/mol. The molecule has 0 atom stereocenters. The molecule has 132 valence electrons. The number of nitrogens with zero attached hydrogens (tertiary/aromatic N) is 2. The molecule has 8 nitrogen and oxygen atoms in total. The van der Waals surface area contributed by atoms with Gasteiger partial charge in [0.05, 0.1) is 25.6 Å². The molecular formula is C15H14ClFN4O4. The summed E-state index contributed by atoms with van der Waals surface area (Å²) in [5, 5.41) is 12.5. The van der Waals surface area contributed by atoms with Gasteiger partial charge in [0.2, 0.25) is 0 Å². The highest BCUT2D eigenvalue weighted by molar-refractivity contribution is 6.29. The van der Waals surface area contributed by atoms with Crippen molar-refractivity contribution in [2.45, 2.75) is 0 Å². The van der Waals surface area contributed by atoms with Crippen LogP contribution < -0.4 is 15.4 Å². The Labute approximate surface area is 147 Å². The standard InChI is InChI=1S/C15H14ClFN4O4/c1-18-14(22)12-9(6-11(16)20-21-12)19-10-5-7(17)4-8(13(10)24-2)15(23)25-3/h4-6H,1-3H3,(H,18,22)(H,19,20). The van der Waals surface area contributed by atoms with Crippen LogP contribution in [0.15, 0.2) is 18.2 Å². The zero-order chi connectivity index (χ0) is 18.6. The van der Waals surface area contributed by atoms with Crippen molar-refractivity contribution in [3.63, 3.8) is 0 Å². The van der Waals surface area contributed by atoms with Crippen LogP contribution in [0.2, 0.25) is 5.15 Å². The Balaban J connectivity index is 2.58. The minimum atomic E-state index is -0.781. The highest BCUT2D eigenvalue weighted by Crippen LogP contribution is 2.34. The van der Waals surface area contributed by atoms with Crippen molar-refractivity contribution in [3.8, 4) is 5.75 Å². The maximum atomic E-state index is 13.9. The molecule has 0 aliphatic carbocycles. The van der Waals surface area contributed by atoms with Gasteiger partial charge >= 0.3 is 5.97 Å². The number of anilines is 2. The van der Waals surface area contributed by atoms with Crippen LogP contribution in [0.3, 0.4) is 0 Å². The Morgan fingerprint density at radius 1 is 1.16 bits per heavy atom. The number of benzene rings is 1. The molecule has 25 heavy (non-hydrogen) atoms. The molecule has 2 N–H and O–H groups in total. The fourth-order valence-corrected chi connectivity index (χ4v) is 2.21. The maximum Gasteiger partial charge on any atom is 0.341 e. The molecule has 0 bridgehead atoms. The summed E-state index contributed by atoms with van der Waals surface area (Å²) in [6.07, 6.45) is 0. The van der Waals surface area contributed by atoms with Gasteiger partial charge in [-0.25, -0.2) is 9.18 Å². The number of ether oxygens (including phenoxy) is 2. The van der Waals surface area contributed by atoms with Crippen molar-refractivity contribution in [3.05, 3.63) is 40.4 Å². The monoisotopic (exact) mass is 368 g/mol. The third kappa shape index (κ3) is 3.94. The number of halogens is 2. The largest absolute Gasteiger partial charge is 0.494 e. The molecule has 0 spiro atoms. The molecule has 0 aliphatic rings. The van der Waals surface area contributed by atoms with Gasteiger partial charge in [-0.05, 0) is 6.07 Å². The molecule has 0 aliphatic heterocycles. The lowest BCUT2D eigenvalue weighted by molar-refractivity contribution is 0.0596. The van der Waals surface area contributed by atoms with Crippen LogP contribution in [0.25, 0.3) is 0 Å². The van der Waals surface area contributed by atoms with Crippen molar-refractivity contribution < 1.29 is 23.5 Å². The summed E-state index contributed by atoms with van der Waals surface area (Å²) in [6.45, 7) is 0. The molecule has 0 saturated carbocycles. The summed E-state index contributed by atoms with van der Waals surface area (Å²) in [5.74, 6) is -1.99. The first kappa shape index (κ1) is 18.4. The van der Waals surface area contributed by atoms with E-state index in [2.05, 4.69) is 25.6 Å². The summed E-state index contributed by atoms with van der Waals surface area (Å²) >= 11 is 5.82. The van der Waals surface area contributed by atoms with E-state index < -0.39 is 17.7 Å². The molecule has 1 aromatic heterocycles. The summed E-state index contributed by atoms with van der Waals surface area (Å²) in [5.41, 5.74) is 0.0381. The van der Waals surface area contributed by atoms with Crippen molar-refractivity contribution in [2.75, 3.05) is 26.6 Å². The first-order valence-electron chi connectivity index (χ1n) is 6.89. The van der Waals surface area contributed by atoms with Crippen LogP contribution in [0, 0.1) is 5.82 Å². The molecule has 1 heterocycles. The van der Waals surface area contributed by atoms with E-state index in [1.165, 1.54) is 20.2 Å². The molecule has 0 radical (unpaired) electrons.